The second kappa shape index (κ2) is 8.31. The summed E-state index contributed by atoms with van der Waals surface area (Å²) in [4.78, 5) is 12.0. The molecule has 2 aromatic heterocycles. The molecule has 1 atom stereocenters. The maximum Gasteiger partial charge on any atom is 0.119 e. The van der Waals surface area contributed by atoms with E-state index in [4.69, 9.17) is 9.72 Å². The van der Waals surface area contributed by atoms with Crippen molar-refractivity contribution in [3.05, 3.63) is 89.5 Å². The topological polar surface area (TPSA) is 38.2 Å². The number of hydrogen-bond acceptors (Lipinski definition) is 4. The fourth-order valence-electron chi connectivity index (χ4n) is 3.82. The van der Waals surface area contributed by atoms with Gasteiger partial charge in [0.2, 0.25) is 0 Å². The van der Waals surface area contributed by atoms with Crippen LogP contribution in [0, 0.1) is 0 Å². The Labute approximate surface area is 160 Å². The molecule has 27 heavy (non-hydrogen) atoms. The van der Waals surface area contributed by atoms with Crippen LogP contribution in [0.4, 0.5) is 0 Å². The van der Waals surface area contributed by atoms with Crippen LogP contribution in [0.2, 0.25) is 0 Å². The van der Waals surface area contributed by atoms with Crippen LogP contribution in [-0.4, -0.2) is 28.5 Å². The van der Waals surface area contributed by atoms with Gasteiger partial charge in [-0.2, -0.15) is 0 Å². The number of aromatic nitrogens is 2. The molecule has 1 aliphatic rings. The van der Waals surface area contributed by atoms with Gasteiger partial charge in [-0.15, -0.1) is 0 Å². The Hall–Kier alpha value is -2.72. The fraction of sp³-hybridized carbons (Fsp3) is 0.304. The molecule has 4 nitrogen and oxygen atoms in total. The molecule has 1 aromatic carbocycles. The molecule has 0 N–H and O–H groups in total. The smallest absolute Gasteiger partial charge is 0.119 e. The molecule has 0 spiro atoms. The third-order valence-corrected chi connectivity index (χ3v) is 5.14. The summed E-state index contributed by atoms with van der Waals surface area (Å²) in [6.45, 7) is 1.98. The van der Waals surface area contributed by atoms with E-state index in [-0.39, 0.29) is 0 Å². The van der Waals surface area contributed by atoms with Gasteiger partial charge in [0, 0.05) is 24.9 Å². The predicted molar refractivity (Wildman–Crippen MR) is 107 cm³/mol. The van der Waals surface area contributed by atoms with E-state index in [0.29, 0.717) is 6.04 Å². The molecule has 0 bridgehead atoms. The SMILES string of the molecule is COc1cccc(Cc2cccc([C@H]3CCCN3Cc3ccccn3)n2)c1. The Bertz CT molecular complexity index is 882. The number of hydrogen-bond donors (Lipinski definition) is 0. The van der Waals surface area contributed by atoms with Crippen LogP contribution in [0.5, 0.6) is 5.75 Å². The third kappa shape index (κ3) is 4.34. The molecule has 4 heteroatoms. The Morgan fingerprint density at radius 2 is 1.93 bits per heavy atom. The van der Waals surface area contributed by atoms with Crippen molar-refractivity contribution < 1.29 is 4.74 Å². The number of methoxy groups -OCH3 is 1. The molecule has 3 heterocycles. The zero-order valence-electron chi connectivity index (χ0n) is 15.7. The minimum Gasteiger partial charge on any atom is -0.497 e. The number of likely N-dealkylation sites (tertiary alicyclic amines) is 1. The lowest BCUT2D eigenvalue weighted by Gasteiger charge is -2.24. The zero-order valence-corrected chi connectivity index (χ0v) is 15.7. The van der Waals surface area contributed by atoms with Crippen LogP contribution in [0.25, 0.3) is 0 Å². The van der Waals surface area contributed by atoms with Crippen LogP contribution in [0.1, 0.15) is 41.5 Å². The van der Waals surface area contributed by atoms with Crippen molar-refractivity contribution in [2.24, 2.45) is 0 Å². The lowest BCUT2D eigenvalue weighted by Crippen LogP contribution is -2.24. The summed E-state index contributed by atoms with van der Waals surface area (Å²) in [5.41, 5.74) is 4.61. The first-order chi connectivity index (χ1) is 13.3. The number of nitrogens with zero attached hydrogens (tertiary/aromatic N) is 3. The summed E-state index contributed by atoms with van der Waals surface area (Å²) < 4.78 is 5.34. The molecule has 1 aliphatic heterocycles. The molecule has 0 amide bonds. The quantitative estimate of drug-likeness (QED) is 0.653. The van der Waals surface area contributed by atoms with Gasteiger partial charge in [-0.1, -0.05) is 24.3 Å². The number of benzene rings is 1. The standard InChI is InChI=1S/C23H25N3O/c1-27-21-10-4-7-18(16-21)15-19-9-5-11-22(25-19)23-12-6-14-26(23)17-20-8-2-3-13-24-20/h2-5,7-11,13,16,23H,6,12,14-15,17H2,1H3/t23-/m1/s1. The maximum absolute atomic E-state index is 5.34. The van der Waals surface area contributed by atoms with E-state index in [1.807, 2.05) is 24.4 Å². The molecular formula is C23H25N3O. The number of rotatable bonds is 6. The van der Waals surface area contributed by atoms with Gasteiger partial charge in [0.1, 0.15) is 5.75 Å². The van der Waals surface area contributed by atoms with Gasteiger partial charge < -0.3 is 4.74 Å². The van der Waals surface area contributed by atoms with Crippen molar-refractivity contribution in [2.45, 2.75) is 31.8 Å². The van der Waals surface area contributed by atoms with Gasteiger partial charge in [-0.25, -0.2) is 0 Å². The highest BCUT2D eigenvalue weighted by molar-refractivity contribution is 5.31. The number of ether oxygens (including phenoxy) is 1. The van der Waals surface area contributed by atoms with Gasteiger partial charge in [0.05, 0.1) is 24.5 Å². The zero-order chi connectivity index (χ0) is 18.5. The first-order valence-electron chi connectivity index (χ1n) is 9.54. The summed E-state index contributed by atoms with van der Waals surface area (Å²) in [6, 6.07) is 21.1. The lowest BCUT2D eigenvalue weighted by molar-refractivity contribution is 0.241. The summed E-state index contributed by atoms with van der Waals surface area (Å²) in [6.07, 6.45) is 5.05. The molecule has 0 radical (unpaired) electrons. The van der Waals surface area contributed by atoms with Crippen LogP contribution in [0.3, 0.4) is 0 Å². The summed E-state index contributed by atoms with van der Waals surface area (Å²) in [7, 11) is 1.70. The van der Waals surface area contributed by atoms with Crippen molar-refractivity contribution in [1.82, 2.24) is 14.9 Å². The van der Waals surface area contributed by atoms with E-state index in [0.717, 1.165) is 43.1 Å². The summed E-state index contributed by atoms with van der Waals surface area (Å²) in [5.74, 6) is 0.890. The van der Waals surface area contributed by atoms with Crippen molar-refractivity contribution in [3.63, 3.8) is 0 Å². The van der Waals surface area contributed by atoms with Crippen molar-refractivity contribution >= 4 is 0 Å². The first-order valence-corrected chi connectivity index (χ1v) is 9.54. The van der Waals surface area contributed by atoms with E-state index >= 15 is 0 Å². The van der Waals surface area contributed by atoms with Crippen molar-refractivity contribution in [1.29, 1.82) is 0 Å². The molecule has 0 saturated carbocycles. The van der Waals surface area contributed by atoms with E-state index in [1.165, 1.54) is 17.7 Å². The van der Waals surface area contributed by atoms with Crippen LogP contribution >= 0.6 is 0 Å². The fourth-order valence-corrected chi connectivity index (χ4v) is 3.82. The molecule has 4 rings (SSSR count). The number of pyridine rings is 2. The van der Waals surface area contributed by atoms with E-state index in [9.17, 15) is 0 Å². The Balaban J connectivity index is 1.51. The molecule has 0 unspecified atom stereocenters. The highest BCUT2D eigenvalue weighted by Crippen LogP contribution is 2.32. The molecule has 138 valence electrons. The highest BCUT2D eigenvalue weighted by Gasteiger charge is 2.27. The monoisotopic (exact) mass is 359 g/mol. The first kappa shape index (κ1) is 17.7. The Kier molecular flexibility index (Phi) is 5.45. The molecule has 1 fully saturated rings. The van der Waals surface area contributed by atoms with E-state index in [2.05, 4.69) is 52.3 Å². The lowest BCUT2D eigenvalue weighted by atomic mass is 10.1. The highest BCUT2D eigenvalue weighted by atomic mass is 16.5. The Morgan fingerprint density at radius 1 is 1.04 bits per heavy atom. The molecule has 0 aliphatic carbocycles. The van der Waals surface area contributed by atoms with Crippen molar-refractivity contribution in [3.8, 4) is 5.75 Å². The second-order valence-corrected chi connectivity index (χ2v) is 7.03. The summed E-state index contributed by atoms with van der Waals surface area (Å²) in [5, 5.41) is 0. The van der Waals surface area contributed by atoms with Gasteiger partial charge in [-0.05, 0) is 61.3 Å². The summed E-state index contributed by atoms with van der Waals surface area (Å²) >= 11 is 0. The van der Waals surface area contributed by atoms with Crippen LogP contribution < -0.4 is 4.74 Å². The normalized spacial score (nSPS) is 17.1. The average molecular weight is 359 g/mol. The van der Waals surface area contributed by atoms with Gasteiger partial charge in [-0.3, -0.25) is 14.9 Å². The molecule has 1 saturated heterocycles. The Morgan fingerprint density at radius 3 is 2.78 bits per heavy atom. The third-order valence-electron chi connectivity index (χ3n) is 5.14. The molecular weight excluding hydrogens is 334 g/mol. The van der Waals surface area contributed by atoms with Crippen molar-refractivity contribution in [2.75, 3.05) is 13.7 Å². The van der Waals surface area contributed by atoms with E-state index < -0.39 is 0 Å². The van der Waals surface area contributed by atoms with Gasteiger partial charge in [0.15, 0.2) is 0 Å². The molecule has 3 aromatic rings. The van der Waals surface area contributed by atoms with Crippen LogP contribution in [-0.2, 0) is 13.0 Å². The van der Waals surface area contributed by atoms with Gasteiger partial charge >= 0.3 is 0 Å². The second-order valence-electron chi connectivity index (χ2n) is 7.03. The largest absolute Gasteiger partial charge is 0.497 e. The van der Waals surface area contributed by atoms with E-state index in [1.54, 1.807) is 7.11 Å². The van der Waals surface area contributed by atoms with Crippen LogP contribution in [0.15, 0.2) is 66.9 Å². The maximum atomic E-state index is 5.34. The minimum absolute atomic E-state index is 0.372. The predicted octanol–water partition coefficient (Wildman–Crippen LogP) is 4.41. The average Bonchev–Trinajstić information content (AvgIpc) is 3.17. The minimum atomic E-state index is 0.372. The van der Waals surface area contributed by atoms with Gasteiger partial charge in [0.25, 0.3) is 0 Å².